The van der Waals surface area contributed by atoms with Crippen LogP contribution in [-0.2, 0) is 20.9 Å². The lowest BCUT2D eigenvalue weighted by atomic mass is 10.2. The van der Waals surface area contributed by atoms with E-state index >= 15 is 0 Å². The molecule has 3 rings (SSSR count). The number of thioether (sulfide) groups is 1. The second-order valence-corrected chi connectivity index (χ2v) is 6.57. The van der Waals surface area contributed by atoms with Crippen LogP contribution < -0.4 is 14.8 Å². The van der Waals surface area contributed by atoms with Crippen molar-refractivity contribution >= 4 is 23.6 Å². The molecule has 0 aromatic heterocycles. The van der Waals surface area contributed by atoms with E-state index in [9.17, 15) is 9.59 Å². The lowest BCUT2D eigenvalue weighted by Crippen LogP contribution is -2.28. The van der Waals surface area contributed by atoms with Crippen LogP contribution in [-0.4, -0.2) is 37.4 Å². The second kappa shape index (κ2) is 9.15. The summed E-state index contributed by atoms with van der Waals surface area (Å²) in [6.07, 6.45) is 0. The maximum atomic E-state index is 11.8. The van der Waals surface area contributed by atoms with E-state index < -0.39 is 5.97 Å². The van der Waals surface area contributed by atoms with Gasteiger partial charge in [0.1, 0.15) is 13.2 Å². The average Bonchev–Trinajstić information content (AvgIpc) is 2.69. The summed E-state index contributed by atoms with van der Waals surface area (Å²) < 4.78 is 16.0. The number of hydrogen-bond donors (Lipinski definition) is 1. The first kappa shape index (κ1) is 18.1. The van der Waals surface area contributed by atoms with Crippen LogP contribution in [0.1, 0.15) is 5.56 Å². The molecule has 0 fully saturated rings. The van der Waals surface area contributed by atoms with Crippen molar-refractivity contribution in [3.8, 4) is 11.5 Å². The van der Waals surface area contributed by atoms with Crippen molar-refractivity contribution in [3.05, 3.63) is 54.1 Å². The quantitative estimate of drug-likeness (QED) is 0.594. The van der Waals surface area contributed by atoms with E-state index in [2.05, 4.69) is 5.32 Å². The van der Waals surface area contributed by atoms with Crippen molar-refractivity contribution in [1.82, 2.24) is 5.32 Å². The van der Waals surface area contributed by atoms with Gasteiger partial charge in [-0.1, -0.05) is 30.3 Å². The lowest BCUT2D eigenvalue weighted by molar-refractivity contribution is -0.145. The van der Waals surface area contributed by atoms with Crippen LogP contribution in [0.4, 0.5) is 0 Å². The minimum atomic E-state index is -0.445. The zero-order chi connectivity index (χ0) is 18.2. The first-order chi connectivity index (χ1) is 12.7. The average molecular weight is 373 g/mol. The smallest absolute Gasteiger partial charge is 0.316 e. The molecule has 0 saturated carbocycles. The van der Waals surface area contributed by atoms with Crippen LogP contribution >= 0.6 is 11.8 Å². The van der Waals surface area contributed by atoms with E-state index in [1.54, 1.807) is 0 Å². The maximum Gasteiger partial charge on any atom is 0.316 e. The zero-order valence-corrected chi connectivity index (χ0v) is 14.9. The molecule has 7 heteroatoms. The van der Waals surface area contributed by atoms with E-state index in [4.69, 9.17) is 14.2 Å². The molecule has 2 aromatic rings. The Labute approximate surface area is 155 Å². The van der Waals surface area contributed by atoms with Crippen molar-refractivity contribution in [2.75, 3.05) is 25.6 Å². The Balaban J connectivity index is 1.37. The molecule has 1 heterocycles. The monoisotopic (exact) mass is 373 g/mol. The number of hydrogen-bond acceptors (Lipinski definition) is 6. The third-order valence-electron chi connectivity index (χ3n) is 3.57. The zero-order valence-electron chi connectivity index (χ0n) is 14.1. The molecule has 2 aromatic carbocycles. The number of amides is 1. The molecule has 0 radical (unpaired) electrons. The highest BCUT2D eigenvalue weighted by molar-refractivity contribution is 8.00. The highest BCUT2D eigenvalue weighted by Crippen LogP contribution is 2.34. The van der Waals surface area contributed by atoms with E-state index in [-0.39, 0.29) is 18.3 Å². The van der Waals surface area contributed by atoms with Gasteiger partial charge in [0.25, 0.3) is 5.91 Å². The number of carbonyl (C=O) groups excluding carboxylic acids is 2. The van der Waals surface area contributed by atoms with Crippen molar-refractivity contribution in [3.63, 3.8) is 0 Å². The normalized spacial score (nSPS) is 12.3. The Morgan fingerprint density at radius 2 is 1.81 bits per heavy atom. The molecule has 0 unspecified atom stereocenters. The summed E-state index contributed by atoms with van der Waals surface area (Å²) in [5.41, 5.74) is 0.987. The Bertz CT molecular complexity index is 766. The Morgan fingerprint density at radius 1 is 1.04 bits per heavy atom. The number of fused-ring (bicyclic) bond motifs is 1. The number of rotatable bonds is 7. The van der Waals surface area contributed by atoms with Gasteiger partial charge < -0.3 is 19.5 Å². The molecule has 0 aliphatic carbocycles. The van der Waals surface area contributed by atoms with Crippen LogP contribution in [0.5, 0.6) is 11.5 Å². The predicted molar refractivity (Wildman–Crippen MR) is 97.4 cm³/mol. The summed E-state index contributed by atoms with van der Waals surface area (Å²) in [6.45, 7) is 1.18. The molecule has 26 heavy (non-hydrogen) atoms. The van der Waals surface area contributed by atoms with Crippen LogP contribution in [0.2, 0.25) is 0 Å². The number of carbonyl (C=O) groups is 2. The Morgan fingerprint density at radius 3 is 2.62 bits per heavy atom. The number of esters is 1. The van der Waals surface area contributed by atoms with Gasteiger partial charge in [-0.25, -0.2) is 0 Å². The molecule has 1 aliphatic heterocycles. The number of benzene rings is 2. The van der Waals surface area contributed by atoms with Gasteiger partial charge in [-0.2, -0.15) is 0 Å². The third-order valence-corrected chi connectivity index (χ3v) is 4.53. The molecule has 0 atom stereocenters. The predicted octanol–water partition coefficient (Wildman–Crippen LogP) is 2.41. The minimum absolute atomic E-state index is 0.117. The van der Waals surface area contributed by atoms with Gasteiger partial charge in [0.15, 0.2) is 18.1 Å². The summed E-state index contributed by atoms with van der Waals surface area (Å²) in [7, 11) is 0. The maximum absolute atomic E-state index is 11.8. The molecule has 0 spiro atoms. The van der Waals surface area contributed by atoms with E-state index in [0.29, 0.717) is 31.3 Å². The molecule has 1 N–H and O–H groups in total. The fourth-order valence-corrected chi connectivity index (χ4v) is 3.01. The Hall–Kier alpha value is -2.67. The molecule has 1 aliphatic rings. The molecule has 0 saturated heterocycles. The van der Waals surface area contributed by atoms with Crippen LogP contribution in [0, 0.1) is 0 Å². The first-order valence-corrected chi connectivity index (χ1v) is 9.18. The standard InChI is InChI=1S/C19H19NO5S/c21-18(20-11-14-4-2-1-3-5-14)12-25-19(22)13-26-15-6-7-16-17(10-15)24-9-8-23-16/h1-7,10H,8-9,11-13H2,(H,20,21). The largest absolute Gasteiger partial charge is 0.486 e. The van der Waals surface area contributed by atoms with Gasteiger partial charge in [-0.3, -0.25) is 9.59 Å². The summed E-state index contributed by atoms with van der Waals surface area (Å²) in [5.74, 6) is 0.727. The molecule has 0 bridgehead atoms. The van der Waals surface area contributed by atoms with Gasteiger partial charge >= 0.3 is 5.97 Å². The summed E-state index contributed by atoms with van der Waals surface area (Å²) in [4.78, 5) is 24.4. The summed E-state index contributed by atoms with van der Waals surface area (Å²) in [5, 5.41) is 2.71. The minimum Gasteiger partial charge on any atom is -0.486 e. The van der Waals surface area contributed by atoms with E-state index in [1.807, 2.05) is 48.5 Å². The third kappa shape index (κ3) is 5.42. The Kier molecular flexibility index (Phi) is 6.38. The van der Waals surface area contributed by atoms with Crippen molar-refractivity contribution in [1.29, 1.82) is 0 Å². The van der Waals surface area contributed by atoms with Gasteiger partial charge in [0.05, 0.1) is 5.75 Å². The number of ether oxygens (including phenoxy) is 3. The highest BCUT2D eigenvalue weighted by atomic mass is 32.2. The van der Waals surface area contributed by atoms with Crippen LogP contribution in [0.3, 0.4) is 0 Å². The fourth-order valence-electron chi connectivity index (χ4n) is 2.29. The van der Waals surface area contributed by atoms with Crippen LogP contribution in [0.15, 0.2) is 53.4 Å². The summed E-state index contributed by atoms with van der Waals surface area (Å²) in [6, 6.07) is 15.0. The molecular weight excluding hydrogens is 354 g/mol. The van der Waals surface area contributed by atoms with Crippen molar-refractivity contribution < 1.29 is 23.8 Å². The lowest BCUT2D eigenvalue weighted by Gasteiger charge is -2.18. The second-order valence-electron chi connectivity index (χ2n) is 5.52. The van der Waals surface area contributed by atoms with Crippen LogP contribution in [0.25, 0.3) is 0 Å². The first-order valence-electron chi connectivity index (χ1n) is 8.19. The van der Waals surface area contributed by atoms with Crippen molar-refractivity contribution in [2.24, 2.45) is 0 Å². The van der Waals surface area contributed by atoms with Gasteiger partial charge in [0.2, 0.25) is 0 Å². The number of nitrogens with one attached hydrogen (secondary N) is 1. The molecule has 1 amide bonds. The fraction of sp³-hybridized carbons (Fsp3) is 0.263. The van der Waals surface area contributed by atoms with E-state index in [1.165, 1.54) is 11.8 Å². The topological polar surface area (TPSA) is 73.9 Å². The SMILES string of the molecule is O=C(COC(=O)CSc1ccc2c(c1)OCCO2)NCc1ccccc1. The van der Waals surface area contributed by atoms with Crippen molar-refractivity contribution in [2.45, 2.75) is 11.4 Å². The van der Waals surface area contributed by atoms with E-state index in [0.717, 1.165) is 10.5 Å². The molecular formula is C19H19NO5S. The summed E-state index contributed by atoms with van der Waals surface area (Å²) >= 11 is 1.32. The highest BCUT2D eigenvalue weighted by Gasteiger charge is 2.13. The molecule has 6 nitrogen and oxygen atoms in total. The van der Waals surface area contributed by atoms with Gasteiger partial charge in [-0.05, 0) is 23.8 Å². The van der Waals surface area contributed by atoms with Gasteiger partial charge in [0, 0.05) is 11.4 Å². The molecule has 136 valence electrons. The van der Waals surface area contributed by atoms with Gasteiger partial charge in [-0.15, -0.1) is 11.8 Å².